The molecule has 3 rings (SSSR count). The smallest absolute Gasteiger partial charge is 0.316 e. The van der Waals surface area contributed by atoms with E-state index in [4.69, 9.17) is 21.1 Å². The van der Waals surface area contributed by atoms with Crippen molar-refractivity contribution in [2.45, 2.75) is 13.3 Å². The molecule has 0 spiro atoms. The second-order valence-electron chi connectivity index (χ2n) is 5.83. The van der Waals surface area contributed by atoms with Gasteiger partial charge in [-0.2, -0.15) is 0 Å². The monoisotopic (exact) mass is 437 g/mol. The SMILES string of the molecule is CCOc1ccc(N2CC(C(=O)Oc3ccc(Br)cc3Cl)CC2=O)cc1. The molecule has 1 fully saturated rings. The van der Waals surface area contributed by atoms with E-state index in [2.05, 4.69) is 15.9 Å². The van der Waals surface area contributed by atoms with Gasteiger partial charge >= 0.3 is 5.97 Å². The first-order valence-corrected chi connectivity index (χ1v) is 9.35. The van der Waals surface area contributed by atoms with Gasteiger partial charge in [0.05, 0.1) is 17.5 Å². The lowest BCUT2D eigenvalue weighted by atomic mass is 10.1. The molecule has 1 saturated heterocycles. The van der Waals surface area contributed by atoms with Crippen LogP contribution in [0.5, 0.6) is 11.5 Å². The Hall–Kier alpha value is -2.05. The van der Waals surface area contributed by atoms with Crippen molar-refractivity contribution in [2.24, 2.45) is 5.92 Å². The van der Waals surface area contributed by atoms with Crippen LogP contribution in [-0.2, 0) is 9.59 Å². The third-order valence-corrected chi connectivity index (χ3v) is 4.81. The second-order valence-corrected chi connectivity index (χ2v) is 7.15. The Morgan fingerprint density at radius 1 is 1.27 bits per heavy atom. The van der Waals surface area contributed by atoms with E-state index in [0.29, 0.717) is 11.6 Å². The van der Waals surface area contributed by atoms with Crippen molar-refractivity contribution in [3.8, 4) is 11.5 Å². The summed E-state index contributed by atoms with van der Waals surface area (Å²) >= 11 is 9.38. The zero-order chi connectivity index (χ0) is 18.7. The maximum atomic E-state index is 12.4. The molecule has 0 bridgehead atoms. The van der Waals surface area contributed by atoms with E-state index in [-0.39, 0.29) is 24.6 Å². The van der Waals surface area contributed by atoms with Crippen molar-refractivity contribution in [3.63, 3.8) is 0 Å². The standard InChI is InChI=1S/C19H17BrClNO4/c1-2-25-15-6-4-14(5-7-15)22-11-12(9-18(22)23)19(24)26-17-8-3-13(20)10-16(17)21/h3-8,10,12H,2,9,11H2,1H3. The van der Waals surface area contributed by atoms with E-state index in [1.165, 1.54) is 0 Å². The Kier molecular flexibility index (Phi) is 5.84. The van der Waals surface area contributed by atoms with Gasteiger partial charge in [-0.25, -0.2) is 0 Å². The first kappa shape index (κ1) is 18.7. The van der Waals surface area contributed by atoms with Crippen LogP contribution in [-0.4, -0.2) is 25.0 Å². The number of carbonyl (C=O) groups excluding carboxylic acids is 2. The molecule has 0 N–H and O–H groups in total. The molecule has 2 aromatic carbocycles. The van der Waals surface area contributed by atoms with Crippen LogP contribution in [0, 0.1) is 5.92 Å². The van der Waals surface area contributed by atoms with Crippen molar-refractivity contribution in [3.05, 3.63) is 52.0 Å². The van der Waals surface area contributed by atoms with E-state index in [9.17, 15) is 9.59 Å². The van der Waals surface area contributed by atoms with Gasteiger partial charge < -0.3 is 14.4 Å². The van der Waals surface area contributed by atoms with E-state index in [1.807, 2.05) is 19.1 Å². The van der Waals surface area contributed by atoms with E-state index >= 15 is 0 Å². The number of rotatable bonds is 5. The first-order chi connectivity index (χ1) is 12.5. The number of hydrogen-bond donors (Lipinski definition) is 0. The van der Waals surface area contributed by atoms with E-state index in [0.717, 1.165) is 15.9 Å². The zero-order valence-electron chi connectivity index (χ0n) is 14.1. The van der Waals surface area contributed by atoms with Crippen molar-refractivity contribution in [1.82, 2.24) is 0 Å². The summed E-state index contributed by atoms with van der Waals surface area (Å²) in [7, 11) is 0. The Bertz CT molecular complexity index is 825. The summed E-state index contributed by atoms with van der Waals surface area (Å²) < 4.78 is 11.6. The highest BCUT2D eigenvalue weighted by Gasteiger charge is 2.36. The lowest BCUT2D eigenvalue weighted by Crippen LogP contribution is -2.27. The predicted octanol–water partition coefficient (Wildman–Crippen LogP) is 4.46. The normalized spacial score (nSPS) is 16.7. The van der Waals surface area contributed by atoms with Gasteiger partial charge in [-0.3, -0.25) is 9.59 Å². The highest BCUT2D eigenvalue weighted by molar-refractivity contribution is 9.10. The third-order valence-electron chi connectivity index (χ3n) is 4.02. The van der Waals surface area contributed by atoms with Crippen LogP contribution in [0.2, 0.25) is 5.02 Å². The molecule has 1 aliphatic rings. The maximum Gasteiger partial charge on any atom is 0.316 e. The number of hydrogen-bond acceptors (Lipinski definition) is 4. The molecule has 0 aliphatic carbocycles. The summed E-state index contributed by atoms with van der Waals surface area (Å²) in [6.45, 7) is 2.76. The summed E-state index contributed by atoms with van der Waals surface area (Å²) in [6, 6.07) is 12.2. The molecule has 7 heteroatoms. The van der Waals surface area contributed by atoms with Crippen molar-refractivity contribution in [1.29, 1.82) is 0 Å². The largest absolute Gasteiger partial charge is 0.494 e. The summed E-state index contributed by atoms with van der Waals surface area (Å²) in [5.74, 6) is -0.0848. The lowest BCUT2D eigenvalue weighted by Gasteiger charge is -2.17. The van der Waals surface area contributed by atoms with Gasteiger partial charge in [-0.1, -0.05) is 27.5 Å². The third kappa shape index (κ3) is 4.19. The van der Waals surface area contributed by atoms with E-state index in [1.54, 1.807) is 35.2 Å². The zero-order valence-corrected chi connectivity index (χ0v) is 16.4. The number of ether oxygens (including phenoxy) is 2. The quantitative estimate of drug-likeness (QED) is 0.511. The maximum absolute atomic E-state index is 12.4. The molecule has 0 aromatic heterocycles. The average Bonchev–Trinajstić information content (AvgIpc) is 3.00. The molecule has 2 aromatic rings. The molecule has 1 heterocycles. The van der Waals surface area contributed by atoms with Crippen LogP contribution in [0.1, 0.15) is 13.3 Å². The van der Waals surface area contributed by atoms with Crippen LogP contribution in [0.25, 0.3) is 0 Å². The number of amides is 1. The van der Waals surface area contributed by atoms with Crippen LogP contribution in [0.4, 0.5) is 5.69 Å². The van der Waals surface area contributed by atoms with Gasteiger partial charge in [0.2, 0.25) is 5.91 Å². The molecule has 136 valence electrons. The minimum atomic E-state index is -0.534. The highest BCUT2D eigenvalue weighted by Crippen LogP contribution is 2.31. The average molecular weight is 439 g/mol. The fourth-order valence-electron chi connectivity index (χ4n) is 2.75. The fraction of sp³-hybridized carbons (Fsp3) is 0.263. The Morgan fingerprint density at radius 3 is 2.65 bits per heavy atom. The minimum absolute atomic E-state index is 0.111. The van der Waals surface area contributed by atoms with E-state index < -0.39 is 11.9 Å². The molecule has 1 amide bonds. The summed E-state index contributed by atoms with van der Waals surface area (Å²) in [5, 5.41) is 0.334. The van der Waals surface area contributed by atoms with Crippen LogP contribution in [0.3, 0.4) is 0 Å². The topological polar surface area (TPSA) is 55.8 Å². The minimum Gasteiger partial charge on any atom is -0.494 e. The fourth-order valence-corrected chi connectivity index (χ4v) is 3.47. The second kappa shape index (κ2) is 8.10. The number of halogens is 2. The summed E-state index contributed by atoms with van der Waals surface area (Å²) in [5.41, 5.74) is 0.732. The molecule has 0 radical (unpaired) electrons. The summed E-state index contributed by atoms with van der Waals surface area (Å²) in [4.78, 5) is 26.3. The number of esters is 1. The molecule has 5 nitrogen and oxygen atoms in total. The van der Waals surface area contributed by atoms with Crippen LogP contribution >= 0.6 is 27.5 Å². The van der Waals surface area contributed by atoms with Crippen molar-refractivity contribution < 1.29 is 19.1 Å². The number of carbonyl (C=O) groups is 2. The predicted molar refractivity (Wildman–Crippen MR) is 103 cm³/mol. The van der Waals surface area contributed by atoms with Crippen molar-refractivity contribution in [2.75, 3.05) is 18.1 Å². The Morgan fingerprint density at radius 2 is 2.00 bits per heavy atom. The number of benzene rings is 2. The van der Waals surface area contributed by atoms with Gasteiger partial charge in [0, 0.05) is 23.1 Å². The molecular formula is C19H17BrClNO4. The van der Waals surface area contributed by atoms with Gasteiger partial charge in [-0.15, -0.1) is 0 Å². The molecule has 26 heavy (non-hydrogen) atoms. The van der Waals surface area contributed by atoms with Crippen molar-refractivity contribution >= 4 is 45.1 Å². The molecule has 1 unspecified atom stereocenters. The Balaban J connectivity index is 1.67. The van der Waals surface area contributed by atoms with Gasteiger partial charge in [0.25, 0.3) is 0 Å². The molecule has 1 aliphatic heterocycles. The van der Waals surface area contributed by atoms with Gasteiger partial charge in [0.15, 0.2) is 0 Å². The lowest BCUT2D eigenvalue weighted by molar-refractivity contribution is -0.139. The van der Waals surface area contributed by atoms with Crippen LogP contribution in [0.15, 0.2) is 46.9 Å². The molecule has 0 saturated carbocycles. The number of nitrogens with zero attached hydrogens (tertiary/aromatic N) is 1. The number of anilines is 1. The molecule has 1 atom stereocenters. The Labute approximate surface area is 165 Å². The van der Waals surface area contributed by atoms with Crippen LogP contribution < -0.4 is 14.4 Å². The molecular weight excluding hydrogens is 422 g/mol. The summed E-state index contributed by atoms with van der Waals surface area (Å²) in [6.07, 6.45) is 0.111. The van der Waals surface area contributed by atoms with Gasteiger partial charge in [-0.05, 0) is 49.4 Å². The first-order valence-electron chi connectivity index (χ1n) is 8.18. The van der Waals surface area contributed by atoms with Gasteiger partial charge in [0.1, 0.15) is 11.5 Å². The highest BCUT2D eigenvalue weighted by atomic mass is 79.9.